The van der Waals surface area contributed by atoms with Gasteiger partial charge in [0, 0.05) is 44.4 Å². The van der Waals surface area contributed by atoms with Crippen molar-refractivity contribution in [3.05, 3.63) is 35.1 Å². The van der Waals surface area contributed by atoms with E-state index in [9.17, 15) is 13.2 Å². The lowest BCUT2D eigenvalue weighted by Gasteiger charge is -2.35. The lowest BCUT2D eigenvalue weighted by molar-refractivity contribution is 0.147. The molecule has 1 saturated heterocycles. The van der Waals surface area contributed by atoms with Gasteiger partial charge in [0.2, 0.25) is 0 Å². The highest BCUT2D eigenvalue weighted by Crippen LogP contribution is 2.31. The summed E-state index contributed by atoms with van der Waals surface area (Å²) in [6, 6.07) is 1.22. The molecule has 0 bridgehead atoms. The standard InChI is InChI=1S/C14H19F3N2O.ClH/c15-10-3-4-11(16)14(17)13(10)12(2-1-9-20)19-7-5-18-6-8-19;/h3-4,12,18,20H,1-2,5-9H2;1H/t12-;/m0./s1. The van der Waals surface area contributed by atoms with Crippen molar-refractivity contribution < 1.29 is 18.3 Å². The minimum atomic E-state index is -1.12. The number of aliphatic hydroxyl groups is 1. The summed E-state index contributed by atoms with van der Waals surface area (Å²) in [5.41, 5.74) is -0.222. The molecule has 2 N–H and O–H groups in total. The molecule has 1 fully saturated rings. The zero-order valence-electron chi connectivity index (χ0n) is 11.6. The van der Waals surface area contributed by atoms with Gasteiger partial charge in [-0.1, -0.05) is 0 Å². The minimum absolute atomic E-state index is 0. The van der Waals surface area contributed by atoms with Crippen LogP contribution in [0.15, 0.2) is 12.1 Å². The fourth-order valence-corrected chi connectivity index (χ4v) is 2.64. The maximum absolute atomic E-state index is 14.0. The third-order valence-electron chi connectivity index (χ3n) is 3.64. The van der Waals surface area contributed by atoms with E-state index in [1.54, 1.807) is 0 Å². The molecule has 7 heteroatoms. The first-order valence-electron chi connectivity index (χ1n) is 6.84. The van der Waals surface area contributed by atoms with E-state index in [0.717, 1.165) is 25.2 Å². The van der Waals surface area contributed by atoms with Gasteiger partial charge in [-0.15, -0.1) is 12.4 Å². The third-order valence-corrected chi connectivity index (χ3v) is 3.64. The second kappa shape index (κ2) is 8.58. The Morgan fingerprint density at radius 1 is 1.14 bits per heavy atom. The van der Waals surface area contributed by atoms with Crippen LogP contribution in [-0.4, -0.2) is 42.8 Å². The summed E-state index contributed by atoms with van der Waals surface area (Å²) >= 11 is 0. The largest absolute Gasteiger partial charge is 0.396 e. The molecule has 1 atom stereocenters. The molecule has 1 aliphatic heterocycles. The zero-order valence-corrected chi connectivity index (χ0v) is 12.4. The van der Waals surface area contributed by atoms with Crippen LogP contribution in [0.3, 0.4) is 0 Å². The van der Waals surface area contributed by atoms with Crippen molar-refractivity contribution in [3.8, 4) is 0 Å². The smallest absolute Gasteiger partial charge is 0.166 e. The number of nitrogens with zero attached hydrogens (tertiary/aromatic N) is 1. The first kappa shape index (κ1) is 18.2. The van der Waals surface area contributed by atoms with E-state index in [1.165, 1.54) is 0 Å². The highest BCUT2D eigenvalue weighted by Gasteiger charge is 2.28. The molecule has 0 radical (unpaired) electrons. The van der Waals surface area contributed by atoms with Gasteiger partial charge in [0.1, 0.15) is 5.82 Å². The van der Waals surface area contributed by atoms with Crippen LogP contribution < -0.4 is 5.32 Å². The van der Waals surface area contributed by atoms with Crippen molar-refractivity contribution in [1.29, 1.82) is 0 Å². The lowest BCUT2D eigenvalue weighted by atomic mass is 9.98. The highest BCUT2D eigenvalue weighted by molar-refractivity contribution is 5.85. The Kier molecular flexibility index (Phi) is 7.45. The Balaban J connectivity index is 0.00000220. The monoisotopic (exact) mass is 324 g/mol. The fraction of sp³-hybridized carbons (Fsp3) is 0.571. The molecule has 2 rings (SSSR count). The summed E-state index contributed by atoms with van der Waals surface area (Å²) in [6.45, 7) is 2.69. The van der Waals surface area contributed by atoms with Crippen molar-refractivity contribution in [2.24, 2.45) is 0 Å². The van der Waals surface area contributed by atoms with Gasteiger partial charge >= 0.3 is 0 Å². The van der Waals surface area contributed by atoms with Crippen LogP contribution in [0.1, 0.15) is 24.4 Å². The van der Waals surface area contributed by atoms with E-state index in [4.69, 9.17) is 5.11 Å². The van der Waals surface area contributed by atoms with Crippen molar-refractivity contribution in [1.82, 2.24) is 10.2 Å². The molecular weight excluding hydrogens is 305 g/mol. The number of rotatable bonds is 5. The Hall–Kier alpha value is -0.820. The molecule has 0 saturated carbocycles. The number of hydrogen-bond donors (Lipinski definition) is 2. The number of benzene rings is 1. The summed E-state index contributed by atoms with van der Waals surface area (Å²) in [7, 11) is 0. The van der Waals surface area contributed by atoms with Gasteiger partial charge in [-0.05, 0) is 25.0 Å². The van der Waals surface area contributed by atoms with Crippen LogP contribution >= 0.6 is 12.4 Å². The first-order chi connectivity index (χ1) is 9.65. The van der Waals surface area contributed by atoms with Crippen molar-refractivity contribution in [2.75, 3.05) is 32.8 Å². The van der Waals surface area contributed by atoms with Gasteiger partial charge in [-0.25, -0.2) is 13.2 Å². The second-order valence-electron chi connectivity index (χ2n) is 4.92. The summed E-state index contributed by atoms with van der Waals surface area (Å²) in [4.78, 5) is 1.94. The first-order valence-corrected chi connectivity index (χ1v) is 6.84. The number of nitrogens with one attached hydrogen (secondary N) is 1. The summed E-state index contributed by atoms with van der Waals surface area (Å²) in [5.74, 6) is -2.89. The van der Waals surface area contributed by atoms with E-state index in [1.807, 2.05) is 4.90 Å². The molecule has 21 heavy (non-hydrogen) atoms. The van der Waals surface area contributed by atoms with Crippen molar-refractivity contribution in [3.63, 3.8) is 0 Å². The number of aliphatic hydroxyl groups excluding tert-OH is 1. The molecule has 1 aromatic rings. The van der Waals surface area contributed by atoms with Crippen LogP contribution in [-0.2, 0) is 0 Å². The van der Waals surface area contributed by atoms with Crippen molar-refractivity contribution >= 4 is 12.4 Å². The minimum Gasteiger partial charge on any atom is -0.396 e. The van der Waals surface area contributed by atoms with Gasteiger partial charge in [0.15, 0.2) is 11.6 Å². The summed E-state index contributed by atoms with van der Waals surface area (Å²) < 4.78 is 41.3. The number of piperazine rings is 1. The van der Waals surface area contributed by atoms with Gasteiger partial charge in [-0.3, -0.25) is 4.90 Å². The third kappa shape index (κ3) is 4.32. The van der Waals surface area contributed by atoms with Gasteiger partial charge in [0.05, 0.1) is 0 Å². The Morgan fingerprint density at radius 3 is 2.38 bits per heavy atom. The normalized spacial score (nSPS) is 17.3. The fourth-order valence-electron chi connectivity index (χ4n) is 2.64. The Morgan fingerprint density at radius 2 is 1.76 bits per heavy atom. The molecule has 0 spiro atoms. The summed E-state index contributed by atoms with van der Waals surface area (Å²) in [6.07, 6.45) is 0.817. The maximum Gasteiger partial charge on any atom is 0.166 e. The predicted molar refractivity (Wildman–Crippen MR) is 77.1 cm³/mol. The van der Waals surface area contributed by atoms with Crippen LogP contribution in [0.5, 0.6) is 0 Å². The van der Waals surface area contributed by atoms with E-state index in [2.05, 4.69) is 5.32 Å². The molecule has 0 amide bonds. The van der Waals surface area contributed by atoms with Gasteiger partial charge in [0.25, 0.3) is 0 Å². The average Bonchev–Trinajstić information content (AvgIpc) is 2.47. The van der Waals surface area contributed by atoms with Crippen LogP contribution in [0.2, 0.25) is 0 Å². The molecule has 0 aromatic heterocycles. The molecule has 0 unspecified atom stereocenters. The zero-order chi connectivity index (χ0) is 14.5. The van der Waals surface area contributed by atoms with Gasteiger partial charge in [-0.2, -0.15) is 0 Å². The molecule has 1 aliphatic rings. The van der Waals surface area contributed by atoms with Crippen LogP contribution in [0, 0.1) is 17.5 Å². The Labute approximate surface area is 128 Å². The number of hydrogen-bond acceptors (Lipinski definition) is 3. The Bertz CT molecular complexity index is 456. The quantitative estimate of drug-likeness (QED) is 0.816. The second-order valence-corrected chi connectivity index (χ2v) is 4.92. The van der Waals surface area contributed by atoms with E-state index >= 15 is 0 Å². The van der Waals surface area contributed by atoms with Crippen LogP contribution in [0.4, 0.5) is 13.2 Å². The van der Waals surface area contributed by atoms with Gasteiger partial charge < -0.3 is 10.4 Å². The molecular formula is C14H20ClF3N2O. The average molecular weight is 325 g/mol. The van der Waals surface area contributed by atoms with Crippen molar-refractivity contribution in [2.45, 2.75) is 18.9 Å². The summed E-state index contributed by atoms with van der Waals surface area (Å²) in [5, 5.41) is 12.1. The molecule has 3 nitrogen and oxygen atoms in total. The predicted octanol–water partition coefficient (Wildman–Crippen LogP) is 2.24. The maximum atomic E-state index is 14.0. The van der Waals surface area contributed by atoms with E-state index < -0.39 is 23.5 Å². The number of halogens is 4. The molecule has 1 heterocycles. The molecule has 1 aromatic carbocycles. The highest BCUT2D eigenvalue weighted by atomic mass is 35.5. The topological polar surface area (TPSA) is 35.5 Å². The van der Waals surface area contributed by atoms with E-state index in [0.29, 0.717) is 25.9 Å². The molecule has 120 valence electrons. The lowest BCUT2D eigenvalue weighted by Crippen LogP contribution is -2.45. The van der Waals surface area contributed by atoms with Crippen LogP contribution in [0.25, 0.3) is 0 Å². The SMILES string of the molecule is Cl.OCCC[C@@H](c1c(F)ccc(F)c1F)N1CCNCC1. The van der Waals surface area contributed by atoms with E-state index in [-0.39, 0.29) is 24.6 Å². The molecule has 0 aliphatic carbocycles.